The van der Waals surface area contributed by atoms with Gasteiger partial charge in [-0.25, -0.2) is 0 Å². The first-order chi connectivity index (χ1) is 7.38. The summed E-state index contributed by atoms with van der Waals surface area (Å²) in [6.45, 7) is 5.52. The summed E-state index contributed by atoms with van der Waals surface area (Å²) in [5.74, 6) is 1.83. The van der Waals surface area contributed by atoms with Crippen LogP contribution in [0.1, 0.15) is 45.4 Å². The van der Waals surface area contributed by atoms with Crippen LogP contribution in [-0.4, -0.2) is 25.8 Å². The van der Waals surface area contributed by atoms with Crippen molar-refractivity contribution in [1.82, 2.24) is 5.32 Å². The van der Waals surface area contributed by atoms with E-state index in [2.05, 4.69) is 12.2 Å². The Balaban J connectivity index is 1.54. The van der Waals surface area contributed by atoms with Crippen molar-refractivity contribution in [3.8, 4) is 0 Å². The monoisotopic (exact) mass is 211 g/mol. The predicted molar refractivity (Wildman–Crippen MR) is 63.0 cm³/mol. The molecule has 2 rings (SSSR count). The van der Waals surface area contributed by atoms with Gasteiger partial charge in [0, 0.05) is 19.3 Å². The first kappa shape index (κ1) is 11.4. The summed E-state index contributed by atoms with van der Waals surface area (Å²) in [6.07, 6.45) is 8.23. The minimum atomic E-state index is 0.817. The zero-order valence-corrected chi connectivity index (χ0v) is 10.0. The largest absolute Gasteiger partial charge is 0.381 e. The molecular weight excluding hydrogens is 186 g/mol. The van der Waals surface area contributed by atoms with Gasteiger partial charge < -0.3 is 10.1 Å². The van der Waals surface area contributed by atoms with Crippen LogP contribution in [0, 0.1) is 11.8 Å². The first-order valence-corrected chi connectivity index (χ1v) is 6.69. The molecule has 1 aliphatic carbocycles. The third kappa shape index (κ3) is 3.46. The second-order valence-corrected chi connectivity index (χ2v) is 5.26. The van der Waals surface area contributed by atoms with Crippen LogP contribution < -0.4 is 5.32 Å². The summed E-state index contributed by atoms with van der Waals surface area (Å²) in [6, 6.07) is 0.817. The van der Waals surface area contributed by atoms with E-state index in [4.69, 9.17) is 4.74 Å². The average Bonchev–Trinajstić information content (AvgIpc) is 2.88. The molecule has 1 N–H and O–H groups in total. The summed E-state index contributed by atoms with van der Waals surface area (Å²) in [5, 5.41) is 3.72. The summed E-state index contributed by atoms with van der Waals surface area (Å²) in [5.41, 5.74) is 0. The Hall–Kier alpha value is -0.0800. The average molecular weight is 211 g/mol. The highest BCUT2D eigenvalue weighted by Gasteiger charge is 2.23. The van der Waals surface area contributed by atoms with Gasteiger partial charge in [-0.1, -0.05) is 13.3 Å². The molecule has 88 valence electrons. The Labute approximate surface area is 93.8 Å². The molecule has 0 bridgehead atoms. The third-order valence-corrected chi connectivity index (χ3v) is 4.13. The van der Waals surface area contributed by atoms with Gasteiger partial charge in [0.05, 0.1) is 0 Å². The van der Waals surface area contributed by atoms with Crippen molar-refractivity contribution >= 4 is 0 Å². The van der Waals surface area contributed by atoms with Gasteiger partial charge in [-0.05, 0) is 50.5 Å². The molecule has 1 saturated heterocycles. The highest BCUT2D eigenvalue weighted by Crippen LogP contribution is 2.27. The number of nitrogens with one attached hydrogen (secondary N) is 1. The molecule has 1 aliphatic heterocycles. The molecule has 2 aliphatic rings. The van der Waals surface area contributed by atoms with E-state index in [0.29, 0.717) is 0 Å². The van der Waals surface area contributed by atoms with Crippen LogP contribution in [0.2, 0.25) is 0 Å². The second-order valence-electron chi connectivity index (χ2n) is 5.26. The number of hydrogen-bond donors (Lipinski definition) is 1. The lowest BCUT2D eigenvalue weighted by molar-refractivity contribution is 0.184. The van der Waals surface area contributed by atoms with E-state index in [9.17, 15) is 0 Å². The fourth-order valence-electron chi connectivity index (χ4n) is 2.93. The zero-order chi connectivity index (χ0) is 10.5. The maximum atomic E-state index is 5.39. The van der Waals surface area contributed by atoms with E-state index in [1.165, 1.54) is 45.1 Å². The highest BCUT2D eigenvalue weighted by atomic mass is 16.5. The molecule has 1 heterocycles. The van der Waals surface area contributed by atoms with Gasteiger partial charge in [0.2, 0.25) is 0 Å². The standard InChI is InChI=1S/C13H25NO/c1-2-11-3-4-13(9-11)14-7-5-12-6-8-15-10-12/h11-14H,2-10H2,1H3. The molecule has 1 saturated carbocycles. The number of ether oxygens (including phenoxy) is 1. The van der Waals surface area contributed by atoms with E-state index >= 15 is 0 Å². The van der Waals surface area contributed by atoms with Crippen LogP contribution in [0.25, 0.3) is 0 Å². The third-order valence-electron chi connectivity index (χ3n) is 4.13. The topological polar surface area (TPSA) is 21.3 Å². The van der Waals surface area contributed by atoms with Crippen LogP contribution >= 0.6 is 0 Å². The van der Waals surface area contributed by atoms with Crippen molar-refractivity contribution in [2.24, 2.45) is 11.8 Å². The lowest BCUT2D eigenvalue weighted by Gasteiger charge is -2.14. The Morgan fingerprint density at radius 3 is 2.80 bits per heavy atom. The van der Waals surface area contributed by atoms with Crippen molar-refractivity contribution in [3.63, 3.8) is 0 Å². The van der Waals surface area contributed by atoms with Crippen molar-refractivity contribution in [2.45, 2.75) is 51.5 Å². The number of rotatable bonds is 5. The minimum Gasteiger partial charge on any atom is -0.381 e. The molecular formula is C13H25NO. The van der Waals surface area contributed by atoms with Crippen molar-refractivity contribution in [3.05, 3.63) is 0 Å². The predicted octanol–water partition coefficient (Wildman–Crippen LogP) is 2.58. The van der Waals surface area contributed by atoms with Crippen molar-refractivity contribution in [2.75, 3.05) is 19.8 Å². The van der Waals surface area contributed by atoms with Gasteiger partial charge in [-0.15, -0.1) is 0 Å². The van der Waals surface area contributed by atoms with Crippen molar-refractivity contribution < 1.29 is 4.74 Å². The molecule has 0 aromatic heterocycles. The molecule has 0 aromatic rings. The smallest absolute Gasteiger partial charge is 0.0495 e. The van der Waals surface area contributed by atoms with Crippen LogP contribution in [0.3, 0.4) is 0 Å². The molecule has 2 heteroatoms. The van der Waals surface area contributed by atoms with Crippen LogP contribution in [0.15, 0.2) is 0 Å². The molecule has 2 fully saturated rings. The number of hydrogen-bond acceptors (Lipinski definition) is 2. The van der Waals surface area contributed by atoms with Crippen LogP contribution in [0.4, 0.5) is 0 Å². The molecule has 0 aromatic carbocycles. The van der Waals surface area contributed by atoms with Gasteiger partial charge in [0.1, 0.15) is 0 Å². The first-order valence-electron chi connectivity index (χ1n) is 6.69. The summed E-state index contributed by atoms with van der Waals surface area (Å²) in [4.78, 5) is 0. The molecule has 15 heavy (non-hydrogen) atoms. The van der Waals surface area contributed by atoms with Crippen LogP contribution in [-0.2, 0) is 4.74 Å². The van der Waals surface area contributed by atoms with Gasteiger partial charge in [-0.2, -0.15) is 0 Å². The summed E-state index contributed by atoms with van der Waals surface area (Å²) >= 11 is 0. The molecule has 0 spiro atoms. The SMILES string of the molecule is CCC1CCC(NCCC2CCOC2)C1. The Kier molecular flexibility index (Phi) is 4.45. The lowest BCUT2D eigenvalue weighted by Crippen LogP contribution is -2.28. The quantitative estimate of drug-likeness (QED) is 0.754. The zero-order valence-electron chi connectivity index (χ0n) is 10.0. The van der Waals surface area contributed by atoms with Gasteiger partial charge in [-0.3, -0.25) is 0 Å². The minimum absolute atomic E-state index is 0.817. The van der Waals surface area contributed by atoms with Crippen molar-refractivity contribution in [1.29, 1.82) is 0 Å². The second kappa shape index (κ2) is 5.86. The molecule has 0 radical (unpaired) electrons. The summed E-state index contributed by atoms with van der Waals surface area (Å²) < 4.78 is 5.39. The Morgan fingerprint density at radius 2 is 2.13 bits per heavy atom. The summed E-state index contributed by atoms with van der Waals surface area (Å²) in [7, 11) is 0. The normalized spacial score (nSPS) is 36.2. The maximum absolute atomic E-state index is 5.39. The molecule has 2 nitrogen and oxygen atoms in total. The van der Waals surface area contributed by atoms with Gasteiger partial charge in [0.15, 0.2) is 0 Å². The van der Waals surface area contributed by atoms with Gasteiger partial charge >= 0.3 is 0 Å². The molecule has 3 unspecified atom stereocenters. The molecule has 0 amide bonds. The maximum Gasteiger partial charge on any atom is 0.0495 e. The van der Waals surface area contributed by atoms with E-state index in [1.54, 1.807) is 0 Å². The van der Waals surface area contributed by atoms with E-state index in [0.717, 1.165) is 31.1 Å². The van der Waals surface area contributed by atoms with E-state index < -0.39 is 0 Å². The van der Waals surface area contributed by atoms with E-state index in [-0.39, 0.29) is 0 Å². The van der Waals surface area contributed by atoms with Crippen LogP contribution in [0.5, 0.6) is 0 Å². The fraction of sp³-hybridized carbons (Fsp3) is 1.00. The van der Waals surface area contributed by atoms with Gasteiger partial charge in [0.25, 0.3) is 0 Å². The Bertz CT molecular complexity index is 177. The Morgan fingerprint density at radius 1 is 1.20 bits per heavy atom. The molecule has 3 atom stereocenters. The fourth-order valence-corrected chi connectivity index (χ4v) is 2.93. The highest BCUT2D eigenvalue weighted by molar-refractivity contribution is 4.80. The van der Waals surface area contributed by atoms with E-state index in [1.807, 2.05) is 0 Å². The lowest BCUT2D eigenvalue weighted by atomic mass is 10.0.